The lowest BCUT2D eigenvalue weighted by molar-refractivity contribution is 0.248. The molecule has 3 nitrogen and oxygen atoms in total. The van der Waals surface area contributed by atoms with Gasteiger partial charge in [-0.1, -0.05) is 59.8 Å². The van der Waals surface area contributed by atoms with E-state index in [0.717, 1.165) is 25.3 Å². The summed E-state index contributed by atoms with van der Waals surface area (Å²) >= 11 is 0. The van der Waals surface area contributed by atoms with Gasteiger partial charge >= 0.3 is 0 Å². The zero-order valence-electron chi connectivity index (χ0n) is 15.3. The van der Waals surface area contributed by atoms with E-state index in [2.05, 4.69) is 33.0 Å². The Balaban J connectivity index is 4.38. The molecule has 0 aromatic heterocycles. The van der Waals surface area contributed by atoms with Crippen molar-refractivity contribution in [2.45, 2.75) is 91.5 Å². The van der Waals surface area contributed by atoms with Crippen LogP contribution >= 0.6 is 0 Å². The number of hydrogen-bond acceptors (Lipinski definition) is 3. The van der Waals surface area contributed by atoms with Crippen molar-refractivity contribution in [1.82, 2.24) is 5.32 Å². The monoisotopic (exact) mass is 333 g/mol. The minimum absolute atomic E-state index is 0.367. The Morgan fingerprint density at radius 3 is 1.95 bits per heavy atom. The van der Waals surface area contributed by atoms with Crippen LogP contribution in [0.5, 0.6) is 0 Å². The fraction of sp³-hybridized carbons (Fsp3) is 1.00. The van der Waals surface area contributed by atoms with Gasteiger partial charge in [0.15, 0.2) is 0 Å². The minimum atomic E-state index is -2.20. The SMILES string of the molecule is CCCCC(CCC[SH](=O)=O)C(CCC)CCCNC(C)C. The van der Waals surface area contributed by atoms with Gasteiger partial charge in [-0.05, 0) is 44.1 Å². The van der Waals surface area contributed by atoms with Crippen LogP contribution in [0.3, 0.4) is 0 Å². The Morgan fingerprint density at radius 2 is 1.41 bits per heavy atom. The van der Waals surface area contributed by atoms with Gasteiger partial charge in [-0.25, -0.2) is 8.42 Å². The molecule has 0 amide bonds. The van der Waals surface area contributed by atoms with Gasteiger partial charge in [-0.2, -0.15) is 0 Å². The lowest BCUT2D eigenvalue weighted by Crippen LogP contribution is -2.25. The minimum Gasteiger partial charge on any atom is -0.315 e. The van der Waals surface area contributed by atoms with Crippen LogP contribution in [-0.2, 0) is 10.7 Å². The van der Waals surface area contributed by atoms with E-state index in [1.54, 1.807) is 0 Å². The molecule has 0 aliphatic rings. The van der Waals surface area contributed by atoms with Crippen LogP contribution in [0.25, 0.3) is 0 Å². The molecule has 134 valence electrons. The average molecular weight is 334 g/mol. The molecule has 0 saturated heterocycles. The van der Waals surface area contributed by atoms with Crippen LogP contribution < -0.4 is 5.32 Å². The molecule has 22 heavy (non-hydrogen) atoms. The lowest BCUT2D eigenvalue weighted by atomic mass is 9.79. The predicted molar refractivity (Wildman–Crippen MR) is 98.2 cm³/mol. The fourth-order valence-corrected chi connectivity index (χ4v) is 3.75. The topological polar surface area (TPSA) is 46.2 Å². The van der Waals surface area contributed by atoms with Crippen molar-refractivity contribution in [3.05, 3.63) is 0 Å². The summed E-state index contributed by atoms with van der Waals surface area (Å²) in [5, 5.41) is 3.50. The summed E-state index contributed by atoms with van der Waals surface area (Å²) in [6.07, 6.45) is 10.8. The van der Waals surface area contributed by atoms with E-state index in [1.807, 2.05) is 0 Å². The molecule has 1 N–H and O–H groups in total. The first kappa shape index (κ1) is 21.9. The Hall–Kier alpha value is -0.0900. The second kappa shape index (κ2) is 14.5. The molecule has 0 radical (unpaired) electrons. The third-order valence-corrected chi connectivity index (χ3v) is 5.16. The summed E-state index contributed by atoms with van der Waals surface area (Å²) in [7, 11) is -2.20. The number of hydrogen-bond donors (Lipinski definition) is 2. The largest absolute Gasteiger partial charge is 0.315 e. The summed E-state index contributed by atoms with van der Waals surface area (Å²) in [5.41, 5.74) is 0. The molecule has 0 rings (SSSR count). The van der Waals surface area contributed by atoms with Gasteiger partial charge in [0.1, 0.15) is 10.7 Å². The van der Waals surface area contributed by atoms with E-state index in [0.29, 0.717) is 17.7 Å². The number of nitrogens with one attached hydrogen (secondary N) is 1. The van der Waals surface area contributed by atoms with E-state index < -0.39 is 10.7 Å². The van der Waals surface area contributed by atoms with Gasteiger partial charge in [0, 0.05) is 11.8 Å². The van der Waals surface area contributed by atoms with Crippen LogP contribution in [0, 0.1) is 11.8 Å². The Labute approximate surface area is 140 Å². The maximum atomic E-state index is 10.8. The molecule has 0 heterocycles. The van der Waals surface area contributed by atoms with Gasteiger partial charge in [0.05, 0.1) is 0 Å². The van der Waals surface area contributed by atoms with E-state index >= 15 is 0 Å². The average Bonchev–Trinajstić information content (AvgIpc) is 2.45. The van der Waals surface area contributed by atoms with E-state index in [9.17, 15) is 8.42 Å². The highest BCUT2D eigenvalue weighted by molar-refractivity contribution is 7.72. The second-order valence-corrected chi connectivity index (χ2v) is 8.01. The molecule has 4 heteroatoms. The Bertz CT molecular complexity index is 308. The van der Waals surface area contributed by atoms with Crippen molar-refractivity contribution in [3.8, 4) is 0 Å². The molecular weight excluding hydrogens is 294 g/mol. The third-order valence-electron chi connectivity index (χ3n) is 4.47. The molecule has 0 aliphatic heterocycles. The van der Waals surface area contributed by atoms with Crippen molar-refractivity contribution in [2.24, 2.45) is 11.8 Å². The molecule has 0 aromatic rings. The van der Waals surface area contributed by atoms with Gasteiger partial charge in [0.25, 0.3) is 0 Å². The summed E-state index contributed by atoms with van der Waals surface area (Å²) in [6.45, 7) is 10.00. The third kappa shape index (κ3) is 12.5. The maximum absolute atomic E-state index is 10.8. The van der Waals surface area contributed by atoms with Crippen LogP contribution in [0.15, 0.2) is 0 Å². The lowest BCUT2D eigenvalue weighted by Gasteiger charge is -2.27. The number of unbranched alkanes of at least 4 members (excludes halogenated alkanes) is 1. The molecule has 0 bridgehead atoms. The molecular formula is C18H39NO2S. The zero-order valence-corrected chi connectivity index (χ0v) is 16.2. The van der Waals surface area contributed by atoms with Crippen LogP contribution in [0.2, 0.25) is 0 Å². The summed E-state index contributed by atoms with van der Waals surface area (Å²) in [4.78, 5) is 0. The maximum Gasteiger partial charge on any atom is 0.140 e. The molecule has 0 saturated carbocycles. The first-order valence-electron chi connectivity index (χ1n) is 9.36. The zero-order chi connectivity index (χ0) is 16.8. The van der Waals surface area contributed by atoms with E-state index in [4.69, 9.17) is 0 Å². The quantitative estimate of drug-likeness (QED) is 0.345. The van der Waals surface area contributed by atoms with E-state index in [-0.39, 0.29) is 0 Å². The highest BCUT2D eigenvalue weighted by Gasteiger charge is 2.20. The van der Waals surface area contributed by atoms with Crippen molar-refractivity contribution < 1.29 is 8.42 Å². The summed E-state index contributed by atoms with van der Waals surface area (Å²) in [6, 6.07) is 0.564. The molecule has 0 spiro atoms. The standard InChI is InChI=1S/C18H39NO2S/c1-5-7-11-18(13-9-15-22(20)21)17(10-6-2)12-8-14-19-16(3)4/h16-19,22H,5-15H2,1-4H3. The Morgan fingerprint density at radius 1 is 0.818 bits per heavy atom. The molecule has 0 aliphatic carbocycles. The van der Waals surface area contributed by atoms with Gasteiger partial charge in [-0.3, -0.25) is 0 Å². The first-order valence-corrected chi connectivity index (χ1v) is 10.7. The molecule has 0 fully saturated rings. The van der Waals surface area contributed by atoms with Crippen LogP contribution in [0.1, 0.15) is 85.5 Å². The summed E-state index contributed by atoms with van der Waals surface area (Å²) < 4.78 is 21.6. The summed E-state index contributed by atoms with van der Waals surface area (Å²) in [5.74, 6) is 1.86. The van der Waals surface area contributed by atoms with Crippen molar-refractivity contribution >= 4 is 10.7 Å². The van der Waals surface area contributed by atoms with Crippen LogP contribution in [-0.4, -0.2) is 26.8 Å². The smallest absolute Gasteiger partial charge is 0.140 e. The molecule has 2 unspecified atom stereocenters. The van der Waals surface area contributed by atoms with Crippen molar-refractivity contribution in [3.63, 3.8) is 0 Å². The highest BCUT2D eigenvalue weighted by atomic mass is 32.2. The molecule has 2 atom stereocenters. The first-order chi connectivity index (χ1) is 10.5. The van der Waals surface area contributed by atoms with Gasteiger partial charge in [0.2, 0.25) is 0 Å². The van der Waals surface area contributed by atoms with E-state index in [1.165, 1.54) is 44.9 Å². The van der Waals surface area contributed by atoms with Crippen LogP contribution in [0.4, 0.5) is 0 Å². The highest BCUT2D eigenvalue weighted by Crippen LogP contribution is 2.31. The van der Waals surface area contributed by atoms with Crippen molar-refractivity contribution in [2.75, 3.05) is 12.3 Å². The number of thiol groups is 1. The number of rotatable bonds is 15. The van der Waals surface area contributed by atoms with Crippen molar-refractivity contribution in [1.29, 1.82) is 0 Å². The fourth-order valence-electron chi connectivity index (χ4n) is 3.31. The molecule has 0 aromatic carbocycles. The Kier molecular flexibility index (Phi) is 14.4. The normalized spacial score (nSPS) is 14.6. The predicted octanol–water partition coefficient (Wildman–Crippen LogP) is 4.38. The second-order valence-electron chi connectivity index (χ2n) is 6.90. The van der Waals surface area contributed by atoms with Gasteiger partial charge < -0.3 is 5.32 Å². The van der Waals surface area contributed by atoms with Gasteiger partial charge in [-0.15, -0.1) is 0 Å².